The maximum Gasteiger partial charge on any atom is 0.277 e. The van der Waals surface area contributed by atoms with Crippen LogP contribution in [0.2, 0.25) is 0 Å². The van der Waals surface area contributed by atoms with E-state index in [-0.39, 0.29) is 0 Å². The van der Waals surface area contributed by atoms with E-state index in [9.17, 15) is 4.79 Å². The number of aliphatic hydroxyl groups excluding tert-OH is 1. The molecule has 0 saturated carbocycles. The van der Waals surface area contributed by atoms with Gasteiger partial charge < -0.3 is 21.3 Å². The quantitative estimate of drug-likeness (QED) is 0.220. The van der Waals surface area contributed by atoms with Gasteiger partial charge in [0, 0.05) is 0 Å². The molecule has 0 aromatic rings. The van der Waals surface area contributed by atoms with Crippen LogP contribution in [0.3, 0.4) is 0 Å². The first-order valence-electron chi connectivity index (χ1n) is 10.5. The number of amides is 1. The van der Waals surface area contributed by atoms with Crippen LogP contribution in [0, 0.1) is 0 Å². The lowest BCUT2D eigenvalue weighted by atomic mass is 10.0. The Bertz CT molecular complexity index is 299. The zero-order valence-corrected chi connectivity index (χ0v) is 16.3. The molecule has 0 aliphatic rings. The van der Waals surface area contributed by atoms with Crippen LogP contribution in [0.1, 0.15) is 110 Å². The van der Waals surface area contributed by atoms with Crippen LogP contribution in [0.5, 0.6) is 0 Å². The third kappa shape index (κ3) is 18.0. The second-order valence-corrected chi connectivity index (χ2v) is 7.23. The van der Waals surface area contributed by atoms with E-state index < -0.39 is 18.4 Å². The summed E-state index contributed by atoms with van der Waals surface area (Å²) in [6.07, 6.45) is 18.0. The Morgan fingerprint density at radius 2 is 1.12 bits per heavy atom. The van der Waals surface area contributed by atoms with Crippen molar-refractivity contribution in [3.8, 4) is 0 Å². The number of nitrogens with two attached hydrogens (primary N) is 1. The lowest BCUT2D eigenvalue weighted by Crippen LogP contribution is -2.46. The van der Waals surface area contributed by atoms with E-state index in [0.29, 0.717) is 6.42 Å². The standard InChI is InChI=1S/C20H42N2O3/c1-2-3-4-5-6-7-8-9-10-11-12-13-14-15-16-17-18(21)22-19(23)20(24)25/h18,20,24-25H,2-17,21H2,1H3,(H,22,23). The molecular formula is C20H42N2O3. The van der Waals surface area contributed by atoms with Crippen molar-refractivity contribution in [2.45, 2.75) is 122 Å². The maximum absolute atomic E-state index is 11.0. The largest absolute Gasteiger partial charge is 0.361 e. The van der Waals surface area contributed by atoms with Crippen molar-refractivity contribution in [3.05, 3.63) is 0 Å². The minimum atomic E-state index is -1.98. The number of unbranched alkanes of at least 4 members (excludes halogenated alkanes) is 14. The van der Waals surface area contributed by atoms with Gasteiger partial charge in [-0.25, -0.2) is 0 Å². The second-order valence-electron chi connectivity index (χ2n) is 7.23. The van der Waals surface area contributed by atoms with Crippen molar-refractivity contribution in [2.24, 2.45) is 5.73 Å². The van der Waals surface area contributed by atoms with E-state index in [2.05, 4.69) is 12.2 Å². The number of carbonyl (C=O) groups excluding carboxylic acids is 1. The summed E-state index contributed by atoms with van der Waals surface area (Å²) in [4.78, 5) is 11.0. The van der Waals surface area contributed by atoms with Crippen LogP contribution < -0.4 is 11.1 Å². The van der Waals surface area contributed by atoms with Crippen LogP contribution in [-0.2, 0) is 4.79 Å². The first-order chi connectivity index (χ1) is 12.1. The fourth-order valence-electron chi connectivity index (χ4n) is 3.07. The van der Waals surface area contributed by atoms with Crippen molar-refractivity contribution in [1.29, 1.82) is 0 Å². The lowest BCUT2D eigenvalue weighted by molar-refractivity contribution is -0.148. The molecule has 0 radical (unpaired) electrons. The summed E-state index contributed by atoms with van der Waals surface area (Å²) in [5, 5.41) is 19.7. The third-order valence-electron chi connectivity index (χ3n) is 4.68. The third-order valence-corrected chi connectivity index (χ3v) is 4.68. The van der Waals surface area contributed by atoms with Gasteiger partial charge >= 0.3 is 0 Å². The molecule has 0 aromatic heterocycles. The van der Waals surface area contributed by atoms with Crippen LogP contribution in [0.15, 0.2) is 0 Å². The number of hydrogen-bond donors (Lipinski definition) is 4. The normalized spacial score (nSPS) is 12.5. The summed E-state index contributed by atoms with van der Waals surface area (Å²) >= 11 is 0. The fraction of sp³-hybridized carbons (Fsp3) is 0.950. The molecule has 150 valence electrons. The highest BCUT2D eigenvalue weighted by Crippen LogP contribution is 2.13. The van der Waals surface area contributed by atoms with Crippen molar-refractivity contribution in [2.75, 3.05) is 0 Å². The van der Waals surface area contributed by atoms with Crippen molar-refractivity contribution in [3.63, 3.8) is 0 Å². The number of hydrogen-bond acceptors (Lipinski definition) is 4. The van der Waals surface area contributed by atoms with Crippen molar-refractivity contribution in [1.82, 2.24) is 5.32 Å². The van der Waals surface area contributed by atoms with E-state index in [0.717, 1.165) is 12.8 Å². The molecule has 0 bridgehead atoms. The Balaban J connectivity index is 3.17. The predicted octanol–water partition coefficient (Wildman–Crippen LogP) is 3.96. The highest BCUT2D eigenvalue weighted by atomic mass is 16.5. The first kappa shape index (κ1) is 24.4. The van der Waals surface area contributed by atoms with Gasteiger partial charge in [0.25, 0.3) is 5.91 Å². The maximum atomic E-state index is 11.0. The molecule has 25 heavy (non-hydrogen) atoms. The Labute approximate surface area is 154 Å². The summed E-state index contributed by atoms with van der Waals surface area (Å²) in [6.45, 7) is 2.26. The van der Waals surface area contributed by atoms with Crippen LogP contribution in [-0.4, -0.2) is 28.6 Å². The van der Waals surface area contributed by atoms with E-state index in [1.54, 1.807) is 0 Å². The van der Waals surface area contributed by atoms with E-state index in [4.69, 9.17) is 15.9 Å². The topological polar surface area (TPSA) is 95.6 Å². The number of rotatable bonds is 18. The van der Waals surface area contributed by atoms with Gasteiger partial charge in [0.1, 0.15) is 0 Å². The summed E-state index contributed by atoms with van der Waals surface area (Å²) < 4.78 is 0. The molecule has 5 nitrogen and oxygen atoms in total. The molecule has 0 spiro atoms. The molecule has 0 aromatic carbocycles. The molecule has 0 saturated heterocycles. The van der Waals surface area contributed by atoms with E-state index in [1.807, 2.05) is 0 Å². The Morgan fingerprint density at radius 3 is 1.48 bits per heavy atom. The first-order valence-corrected chi connectivity index (χ1v) is 10.5. The summed E-state index contributed by atoms with van der Waals surface area (Å²) in [5.74, 6) is -0.826. The van der Waals surface area contributed by atoms with Gasteiger partial charge in [0.05, 0.1) is 6.17 Å². The zero-order valence-electron chi connectivity index (χ0n) is 16.3. The second kappa shape index (κ2) is 18.2. The molecule has 0 heterocycles. The Kier molecular flexibility index (Phi) is 17.7. The van der Waals surface area contributed by atoms with Gasteiger partial charge in [-0.1, -0.05) is 103 Å². The average molecular weight is 359 g/mol. The molecule has 0 aliphatic carbocycles. The minimum absolute atomic E-state index is 0.490. The highest BCUT2D eigenvalue weighted by Gasteiger charge is 2.13. The lowest BCUT2D eigenvalue weighted by Gasteiger charge is -2.14. The van der Waals surface area contributed by atoms with Crippen LogP contribution >= 0.6 is 0 Å². The Morgan fingerprint density at radius 1 is 0.760 bits per heavy atom. The van der Waals surface area contributed by atoms with Gasteiger partial charge in [-0.05, 0) is 6.42 Å². The average Bonchev–Trinajstić information content (AvgIpc) is 2.58. The van der Waals surface area contributed by atoms with Crippen molar-refractivity contribution >= 4 is 5.91 Å². The van der Waals surface area contributed by atoms with E-state index >= 15 is 0 Å². The van der Waals surface area contributed by atoms with Crippen LogP contribution in [0.25, 0.3) is 0 Å². The number of carbonyl (C=O) groups is 1. The molecule has 5 N–H and O–H groups in total. The summed E-state index contributed by atoms with van der Waals surface area (Å²) in [6, 6.07) is 0. The highest BCUT2D eigenvalue weighted by molar-refractivity contribution is 5.78. The van der Waals surface area contributed by atoms with Gasteiger partial charge in [-0.3, -0.25) is 4.79 Å². The molecule has 1 atom stereocenters. The van der Waals surface area contributed by atoms with Gasteiger partial charge in [-0.2, -0.15) is 0 Å². The SMILES string of the molecule is CCCCCCCCCCCCCCCCCC(N)NC(=O)C(O)O. The monoisotopic (exact) mass is 358 g/mol. The predicted molar refractivity (Wildman–Crippen MR) is 104 cm³/mol. The molecule has 1 amide bonds. The van der Waals surface area contributed by atoms with Gasteiger partial charge in [0.2, 0.25) is 6.29 Å². The van der Waals surface area contributed by atoms with Crippen LogP contribution in [0.4, 0.5) is 0 Å². The molecule has 1 unspecified atom stereocenters. The minimum Gasteiger partial charge on any atom is -0.361 e. The Hall–Kier alpha value is -0.650. The smallest absolute Gasteiger partial charge is 0.277 e. The van der Waals surface area contributed by atoms with Gasteiger partial charge in [0.15, 0.2) is 0 Å². The van der Waals surface area contributed by atoms with E-state index in [1.165, 1.54) is 83.5 Å². The summed E-state index contributed by atoms with van der Waals surface area (Å²) in [5.41, 5.74) is 5.71. The molecule has 0 fully saturated rings. The molecule has 0 aliphatic heterocycles. The molecule has 0 rings (SSSR count). The van der Waals surface area contributed by atoms with Crippen molar-refractivity contribution < 1.29 is 15.0 Å². The number of nitrogens with one attached hydrogen (secondary N) is 1. The summed E-state index contributed by atoms with van der Waals surface area (Å²) in [7, 11) is 0. The molecule has 5 heteroatoms. The number of aliphatic hydroxyl groups is 2. The zero-order chi connectivity index (χ0) is 18.8. The van der Waals surface area contributed by atoms with Gasteiger partial charge in [-0.15, -0.1) is 0 Å². The molecular weight excluding hydrogens is 316 g/mol. The fourth-order valence-corrected chi connectivity index (χ4v) is 3.07.